The molecule has 0 radical (unpaired) electrons. The summed E-state index contributed by atoms with van der Waals surface area (Å²) < 4.78 is 6.80. The van der Waals surface area contributed by atoms with Crippen LogP contribution in [-0.4, -0.2) is 37.2 Å². The number of carbonyl (C=O) groups is 2. The van der Waals surface area contributed by atoms with Gasteiger partial charge in [0.05, 0.1) is 5.69 Å². The van der Waals surface area contributed by atoms with Gasteiger partial charge in [-0.2, -0.15) is 0 Å². The number of carbonyl (C=O) groups excluding carboxylic acids is 2. The molecule has 2 aromatic rings. The number of rotatable bonds is 6. The van der Waals surface area contributed by atoms with Gasteiger partial charge in [-0.3, -0.25) is 15.0 Å². The molecular formula is C21H21IN4O3. The van der Waals surface area contributed by atoms with Crippen molar-refractivity contribution in [1.29, 1.82) is 5.41 Å². The molecule has 0 saturated carbocycles. The second-order valence-corrected chi connectivity index (χ2v) is 7.58. The summed E-state index contributed by atoms with van der Waals surface area (Å²) in [5, 5.41) is 13.6. The molecule has 1 atom stereocenters. The largest absolute Gasteiger partial charge is 0.489 e. The number of nitrogens with zero attached hydrogens (tertiary/aromatic N) is 1. The van der Waals surface area contributed by atoms with Crippen molar-refractivity contribution in [2.45, 2.75) is 12.6 Å². The third-order valence-electron chi connectivity index (χ3n) is 4.43. The molecule has 0 aliphatic carbocycles. The van der Waals surface area contributed by atoms with Gasteiger partial charge in [-0.15, -0.1) is 0 Å². The Balaban J connectivity index is 1.55. The standard InChI is InChI=1S/C21H21IN4O3/c1-26-18-8-4-5-9-19(18)29-13-17(21(26)28)25-20(27)16(23)10-11-24-12-14-6-2-3-7-15(14)22/h2-11,17,23-24H,12-13H2,1H3,(H,25,27)/b11-10-,23-16?. The number of likely N-dealkylation sites (N-methyl/N-ethyl adjacent to an activating group) is 1. The van der Waals surface area contributed by atoms with Crippen LogP contribution in [0, 0.1) is 8.98 Å². The Hall–Kier alpha value is -2.88. The van der Waals surface area contributed by atoms with Gasteiger partial charge < -0.3 is 20.3 Å². The maximum atomic E-state index is 12.6. The molecule has 1 aliphatic heterocycles. The Morgan fingerprint density at radius 2 is 2.00 bits per heavy atom. The van der Waals surface area contributed by atoms with Crippen molar-refractivity contribution in [2.24, 2.45) is 0 Å². The van der Waals surface area contributed by atoms with Gasteiger partial charge in [0.1, 0.15) is 24.1 Å². The second-order valence-electron chi connectivity index (χ2n) is 6.42. The first-order chi connectivity index (χ1) is 14.0. The smallest absolute Gasteiger partial charge is 0.269 e. The van der Waals surface area contributed by atoms with Crippen molar-refractivity contribution >= 4 is 45.8 Å². The van der Waals surface area contributed by atoms with Gasteiger partial charge in [0.15, 0.2) is 0 Å². The number of para-hydroxylation sites is 2. The summed E-state index contributed by atoms with van der Waals surface area (Å²) >= 11 is 2.26. The Bertz CT molecular complexity index is 960. The van der Waals surface area contributed by atoms with Crippen LogP contribution in [0.5, 0.6) is 5.75 Å². The molecule has 0 spiro atoms. The number of ether oxygens (including phenoxy) is 1. The van der Waals surface area contributed by atoms with Gasteiger partial charge in [0, 0.05) is 17.2 Å². The third kappa shape index (κ3) is 5.14. The number of benzene rings is 2. The van der Waals surface area contributed by atoms with Crippen molar-refractivity contribution < 1.29 is 14.3 Å². The normalized spacial score (nSPS) is 16.0. The molecule has 3 rings (SSSR count). The minimum Gasteiger partial charge on any atom is -0.489 e. The van der Waals surface area contributed by atoms with Crippen LogP contribution in [-0.2, 0) is 16.1 Å². The zero-order chi connectivity index (χ0) is 20.8. The molecule has 3 N–H and O–H groups in total. The molecule has 0 saturated heterocycles. The summed E-state index contributed by atoms with van der Waals surface area (Å²) in [5.41, 5.74) is 1.51. The molecule has 8 heteroatoms. The van der Waals surface area contributed by atoms with E-state index in [2.05, 4.69) is 33.2 Å². The van der Waals surface area contributed by atoms with E-state index in [1.807, 2.05) is 36.4 Å². The first-order valence-corrected chi connectivity index (χ1v) is 10.1. The predicted molar refractivity (Wildman–Crippen MR) is 120 cm³/mol. The van der Waals surface area contributed by atoms with E-state index in [4.69, 9.17) is 10.1 Å². The van der Waals surface area contributed by atoms with Crippen LogP contribution in [0.2, 0.25) is 0 Å². The van der Waals surface area contributed by atoms with E-state index in [1.54, 1.807) is 25.4 Å². The summed E-state index contributed by atoms with van der Waals surface area (Å²) in [4.78, 5) is 26.4. The van der Waals surface area contributed by atoms with Crippen LogP contribution in [0.3, 0.4) is 0 Å². The van der Waals surface area contributed by atoms with Crippen LogP contribution in [0.1, 0.15) is 5.56 Å². The number of hydrogen-bond acceptors (Lipinski definition) is 5. The average Bonchev–Trinajstić information content (AvgIpc) is 2.84. The lowest BCUT2D eigenvalue weighted by Gasteiger charge is -2.20. The van der Waals surface area contributed by atoms with E-state index in [1.165, 1.54) is 11.0 Å². The molecule has 150 valence electrons. The molecular weight excluding hydrogens is 483 g/mol. The van der Waals surface area contributed by atoms with Gasteiger partial charge in [-0.1, -0.05) is 30.3 Å². The summed E-state index contributed by atoms with van der Waals surface area (Å²) in [6.45, 7) is 0.593. The SMILES string of the molecule is CN1C(=O)C(NC(=O)C(=N)/C=C\NCc2ccccc2I)COc2ccccc21. The lowest BCUT2D eigenvalue weighted by Crippen LogP contribution is -2.50. The fraction of sp³-hybridized carbons (Fsp3) is 0.190. The van der Waals surface area contributed by atoms with Crippen LogP contribution >= 0.6 is 22.6 Å². The van der Waals surface area contributed by atoms with Crippen molar-refractivity contribution in [1.82, 2.24) is 10.6 Å². The van der Waals surface area contributed by atoms with E-state index in [0.29, 0.717) is 18.0 Å². The van der Waals surface area contributed by atoms with Crippen LogP contribution < -0.4 is 20.3 Å². The molecule has 2 aromatic carbocycles. The lowest BCUT2D eigenvalue weighted by atomic mass is 10.2. The van der Waals surface area contributed by atoms with Crippen molar-refractivity contribution in [3.05, 3.63) is 69.9 Å². The minimum absolute atomic E-state index is 0.00755. The highest BCUT2D eigenvalue weighted by Gasteiger charge is 2.30. The summed E-state index contributed by atoms with van der Waals surface area (Å²) in [7, 11) is 1.63. The number of nitrogens with one attached hydrogen (secondary N) is 3. The van der Waals surface area contributed by atoms with Gasteiger partial charge >= 0.3 is 0 Å². The maximum absolute atomic E-state index is 12.6. The number of halogens is 1. The van der Waals surface area contributed by atoms with Crippen LogP contribution in [0.25, 0.3) is 0 Å². The quantitative estimate of drug-likeness (QED) is 0.416. The molecule has 7 nitrogen and oxygen atoms in total. The van der Waals surface area contributed by atoms with Gasteiger partial charge in [-0.05, 0) is 58.6 Å². The molecule has 29 heavy (non-hydrogen) atoms. The molecule has 1 heterocycles. The Morgan fingerprint density at radius 3 is 2.79 bits per heavy atom. The highest BCUT2D eigenvalue weighted by atomic mass is 127. The van der Waals surface area contributed by atoms with E-state index in [0.717, 1.165) is 9.13 Å². The second kappa shape index (κ2) is 9.55. The van der Waals surface area contributed by atoms with Crippen molar-refractivity contribution in [2.75, 3.05) is 18.6 Å². The number of amides is 2. The third-order valence-corrected chi connectivity index (χ3v) is 5.48. The number of anilines is 1. The monoisotopic (exact) mass is 504 g/mol. The highest BCUT2D eigenvalue weighted by molar-refractivity contribution is 14.1. The molecule has 0 bridgehead atoms. The van der Waals surface area contributed by atoms with Crippen LogP contribution in [0.4, 0.5) is 5.69 Å². The van der Waals surface area contributed by atoms with Crippen molar-refractivity contribution in [3.63, 3.8) is 0 Å². The van der Waals surface area contributed by atoms with E-state index in [-0.39, 0.29) is 18.2 Å². The van der Waals surface area contributed by atoms with Gasteiger partial charge in [0.25, 0.3) is 11.8 Å². The molecule has 2 amide bonds. The summed E-state index contributed by atoms with van der Waals surface area (Å²) in [5.74, 6) is -0.356. The topological polar surface area (TPSA) is 94.5 Å². The number of fused-ring (bicyclic) bond motifs is 1. The Kier molecular flexibility index (Phi) is 6.86. The van der Waals surface area contributed by atoms with E-state index in [9.17, 15) is 9.59 Å². The fourth-order valence-corrected chi connectivity index (χ4v) is 3.40. The van der Waals surface area contributed by atoms with Crippen LogP contribution in [0.15, 0.2) is 60.8 Å². The lowest BCUT2D eigenvalue weighted by molar-refractivity contribution is -0.124. The first-order valence-electron chi connectivity index (χ1n) is 8.99. The molecule has 1 aliphatic rings. The average molecular weight is 504 g/mol. The van der Waals surface area contributed by atoms with Gasteiger partial charge in [0.2, 0.25) is 0 Å². The van der Waals surface area contributed by atoms with E-state index >= 15 is 0 Å². The molecule has 0 fully saturated rings. The Labute approximate surface area is 182 Å². The maximum Gasteiger partial charge on any atom is 0.269 e. The first kappa shape index (κ1) is 20.8. The summed E-state index contributed by atoms with van der Waals surface area (Å²) in [6, 6.07) is 14.3. The molecule has 0 aromatic heterocycles. The number of hydrogen-bond donors (Lipinski definition) is 3. The predicted octanol–water partition coefficient (Wildman–Crippen LogP) is 2.45. The van der Waals surface area contributed by atoms with E-state index < -0.39 is 11.9 Å². The minimum atomic E-state index is -0.868. The fourth-order valence-electron chi connectivity index (χ4n) is 2.82. The van der Waals surface area contributed by atoms with Crippen molar-refractivity contribution in [3.8, 4) is 5.75 Å². The Morgan fingerprint density at radius 1 is 1.28 bits per heavy atom. The molecule has 1 unspecified atom stereocenters. The van der Waals surface area contributed by atoms with Gasteiger partial charge in [-0.25, -0.2) is 0 Å². The zero-order valence-electron chi connectivity index (χ0n) is 15.8. The zero-order valence-corrected chi connectivity index (χ0v) is 18.0. The summed E-state index contributed by atoms with van der Waals surface area (Å²) in [6.07, 6.45) is 2.92. The highest BCUT2D eigenvalue weighted by Crippen LogP contribution is 2.29.